The Bertz CT molecular complexity index is 1380. The molecule has 0 spiro atoms. The molecule has 0 unspecified atom stereocenters. The van der Waals surface area contributed by atoms with Gasteiger partial charge in [0.15, 0.2) is 5.76 Å². The highest BCUT2D eigenvalue weighted by Gasteiger charge is 2.22. The summed E-state index contributed by atoms with van der Waals surface area (Å²) < 4.78 is 5.91. The van der Waals surface area contributed by atoms with Gasteiger partial charge in [0.05, 0.1) is 6.54 Å². The van der Waals surface area contributed by atoms with Crippen molar-refractivity contribution >= 4 is 28.3 Å². The third-order valence-electron chi connectivity index (χ3n) is 5.72. The van der Waals surface area contributed by atoms with Crippen molar-refractivity contribution in [3.05, 3.63) is 115 Å². The number of carbonyl (C=O) groups is 1. The summed E-state index contributed by atoms with van der Waals surface area (Å²) in [5, 5.41) is 4.21. The number of hydrogen-bond acceptors (Lipinski definition) is 4. The summed E-state index contributed by atoms with van der Waals surface area (Å²) in [5.74, 6) is 0.143. The highest BCUT2D eigenvalue weighted by molar-refractivity contribution is 6.06. The molecule has 0 saturated heterocycles. The lowest BCUT2D eigenvalue weighted by Crippen LogP contribution is -2.30. The third-order valence-corrected chi connectivity index (χ3v) is 5.72. The zero-order valence-electron chi connectivity index (χ0n) is 18.9. The fourth-order valence-corrected chi connectivity index (χ4v) is 4.04. The van der Waals surface area contributed by atoms with Gasteiger partial charge in [-0.05, 0) is 78.2 Å². The molecule has 5 aromatic rings. The number of rotatable bonds is 7. The van der Waals surface area contributed by atoms with Crippen LogP contribution in [0, 0.1) is 0 Å². The van der Waals surface area contributed by atoms with E-state index >= 15 is 0 Å². The summed E-state index contributed by atoms with van der Waals surface area (Å²) in [7, 11) is 0. The number of para-hydroxylation sites is 1. The average Bonchev–Trinajstić information content (AvgIpc) is 3.33. The quantitative estimate of drug-likeness (QED) is 0.299. The standard InChI is InChI=1S/C29H25N3O2/c1-2-31-25-10-12-26(13-11-25)32(29(33)28-19-24-7-3-4-9-27(24)34-28)20-21-6-5-8-23(18-21)22-14-16-30-17-15-22/h3-19,31H,2,20H2,1H3. The molecule has 0 radical (unpaired) electrons. The second kappa shape index (κ2) is 9.63. The molecule has 2 aromatic heterocycles. The van der Waals surface area contributed by atoms with Crippen LogP contribution in [0.25, 0.3) is 22.1 Å². The number of hydrogen-bond donors (Lipinski definition) is 1. The number of nitrogens with one attached hydrogen (secondary N) is 1. The molecule has 1 amide bonds. The van der Waals surface area contributed by atoms with Gasteiger partial charge in [-0.2, -0.15) is 0 Å². The van der Waals surface area contributed by atoms with Crippen molar-refractivity contribution in [3.8, 4) is 11.1 Å². The molecule has 168 valence electrons. The van der Waals surface area contributed by atoms with E-state index in [1.54, 1.807) is 17.3 Å². The normalized spacial score (nSPS) is 10.9. The predicted octanol–water partition coefficient (Wildman–Crippen LogP) is 6.77. The Hall–Kier alpha value is -4.38. The molecule has 0 aliphatic rings. The smallest absolute Gasteiger partial charge is 0.294 e. The number of pyridine rings is 1. The Balaban J connectivity index is 1.51. The Morgan fingerprint density at radius 3 is 2.44 bits per heavy atom. The Morgan fingerprint density at radius 1 is 0.882 bits per heavy atom. The lowest BCUT2D eigenvalue weighted by atomic mass is 10.0. The Kier molecular flexibility index (Phi) is 6.08. The van der Waals surface area contributed by atoms with Gasteiger partial charge < -0.3 is 14.6 Å². The molecular formula is C29H25N3O2. The zero-order valence-corrected chi connectivity index (χ0v) is 18.9. The summed E-state index contributed by atoms with van der Waals surface area (Å²) in [6.45, 7) is 3.30. The fraction of sp³-hybridized carbons (Fsp3) is 0.103. The van der Waals surface area contributed by atoms with E-state index in [0.717, 1.165) is 40.0 Å². The van der Waals surface area contributed by atoms with Crippen molar-refractivity contribution in [3.63, 3.8) is 0 Å². The molecule has 0 bridgehead atoms. The minimum absolute atomic E-state index is 0.179. The Labute approximate surface area is 198 Å². The van der Waals surface area contributed by atoms with Gasteiger partial charge in [-0.25, -0.2) is 0 Å². The minimum Gasteiger partial charge on any atom is -0.451 e. The monoisotopic (exact) mass is 447 g/mol. The molecule has 0 fully saturated rings. The zero-order chi connectivity index (χ0) is 23.3. The van der Waals surface area contributed by atoms with Gasteiger partial charge in [0.25, 0.3) is 5.91 Å². The second-order valence-corrected chi connectivity index (χ2v) is 8.05. The molecule has 0 saturated carbocycles. The highest BCUT2D eigenvalue weighted by atomic mass is 16.3. The van der Waals surface area contributed by atoms with Crippen LogP contribution in [-0.4, -0.2) is 17.4 Å². The average molecular weight is 448 g/mol. The van der Waals surface area contributed by atoms with E-state index in [1.165, 1.54) is 0 Å². The van der Waals surface area contributed by atoms with Gasteiger partial charge in [0, 0.05) is 35.7 Å². The van der Waals surface area contributed by atoms with Crippen LogP contribution in [0.2, 0.25) is 0 Å². The SMILES string of the molecule is CCNc1ccc(N(Cc2cccc(-c3ccncc3)c2)C(=O)c2cc3ccccc3o2)cc1. The number of anilines is 2. The first-order valence-corrected chi connectivity index (χ1v) is 11.3. The number of nitrogens with zero attached hydrogens (tertiary/aromatic N) is 2. The number of carbonyl (C=O) groups excluding carboxylic acids is 1. The van der Waals surface area contributed by atoms with Crippen LogP contribution in [0.5, 0.6) is 0 Å². The largest absolute Gasteiger partial charge is 0.451 e. The van der Waals surface area contributed by atoms with Gasteiger partial charge in [-0.15, -0.1) is 0 Å². The van der Waals surface area contributed by atoms with Crippen LogP contribution < -0.4 is 10.2 Å². The van der Waals surface area contributed by atoms with E-state index in [1.807, 2.05) is 78.9 Å². The van der Waals surface area contributed by atoms with Crippen LogP contribution in [0.3, 0.4) is 0 Å². The molecule has 5 heteroatoms. The first-order valence-electron chi connectivity index (χ1n) is 11.3. The molecule has 2 heterocycles. The number of benzene rings is 3. The number of fused-ring (bicyclic) bond motifs is 1. The topological polar surface area (TPSA) is 58.4 Å². The van der Waals surface area contributed by atoms with E-state index in [9.17, 15) is 4.79 Å². The third kappa shape index (κ3) is 4.55. The fourth-order valence-electron chi connectivity index (χ4n) is 4.04. The van der Waals surface area contributed by atoms with Gasteiger partial charge in [0.2, 0.25) is 0 Å². The summed E-state index contributed by atoms with van der Waals surface area (Å²) in [4.78, 5) is 19.6. The van der Waals surface area contributed by atoms with Crippen LogP contribution in [-0.2, 0) is 6.54 Å². The lowest BCUT2D eigenvalue weighted by molar-refractivity contribution is 0.0960. The van der Waals surface area contributed by atoms with E-state index in [2.05, 4.69) is 29.4 Å². The van der Waals surface area contributed by atoms with Crippen molar-refractivity contribution in [1.29, 1.82) is 0 Å². The number of amides is 1. The molecule has 1 N–H and O–H groups in total. The van der Waals surface area contributed by atoms with Crippen molar-refractivity contribution in [2.45, 2.75) is 13.5 Å². The van der Waals surface area contributed by atoms with Crippen LogP contribution in [0.1, 0.15) is 23.0 Å². The van der Waals surface area contributed by atoms with E-state index in [-0.39, 0.29) is 5.91 Å². The van der Waals surface area contributed by atoms with Gasteiger partial charge in [-0.1, -0.05) is 36.4 Å². The van der Waals surface area contributed by atoms with Crippen molar-refractivity contribution in [1.82, 2.24) is 4.98 Å². The molecule has 0 aliphatic carbocycles. The van der Waals surface area contributed by atoms with Crippen LogP contribution in [0.15, 0.2) is 108 Å². The van der Waals surface area contributed by atoms with Crippen molar-refractivity contribution in [2.75, 3.05) is 16.8 Å². The summed E-state index contributed by atoms with van der Waals surface area (Å²) >= 11 is 0. The first-order chi connectivity index (χ1) is 16.7. The maximum Gasteiger partial charge on any atom is 0.294 e. The van der Waals surface area contributed by atoms with Crippen molar-refractivity contribution < 1.29 is 9.21 Å². The van der Waals surface area contributed by atoms with Gasteiger partial charge in [-0.3, -0.25) is 9.78 Å². The minimum atomic E-state index is -0.179. The summed E-state index contributed by atoms with van der Waals surface area (Å²) in [5.41, 5.74) is 5.71. The number of furan rings is 1. The molecule has 0 atom stereocenters. The van der Waals surface area contributed by atoms with Gasteiger partial charge >= 0.3 is 0 Å². The molecule has 5 nitrogen and oxygen atoms in total. The van der Waals surface area contributed by atoms with E-state index < -0.39 is 0 Å². The lowest BCUT2D eigenvalue weighted by Gasteiger charge is -2.23. The van der Waals surface area contributed by atoms with Crippen molar-refractivity contribution in [2.24, 2.45) is 0 Å². The predicted molar refractivity (Wildman–Crippen MR) is 137 cm³/mol. The van der Waals surface area contributed by atoms with E-state index in [4.69, 9.17) is 4.42 Å². The molecular weight excluding hydrogens is 422 g/mol. The van der Waals surface area contributed by atoms with Crippen LogP contribution in [0.4, 0.5) is 11.4 Å². The molecule has 0 aliphatic heterocycles. The van der Waals surface area contributed by atoms with Gasteiger partial charge in [0.1, 0.15) is 5.58 Å². The Morgan fingerprint density at radius 2 is 1.68 bits per heavy atom. The maximum absolute atomic E-state index is 13.7. The maximum atomic E-state index is 13.7. The summed E-state index contributed by atoms with van der Waals surface area (Å²) in [6, 6.07) is 29.6. The summed E-state index contributed by atoms with van der Waals surface area (Å²) in [6.07, 6.45) is 3.57. The second-order valence-electron chi connectivity index (χ2n) is 8.05. The van der Waals surface area contributed by atoms with E-state index in [0.29, 0.717) is 17.9 Å². The van der Waals surface area contributed by atoms with Crippen LogP contribution >= 0.6 is 0 Å². The molecule has 3 aromatic carbocycles. The highest BCUT2D eigenvalue weighted by Crippen LogP contribution is 2.27. The number of aromatic nitrogens is 1. The molecule has 5 rings (SSSR count). The molecule has 34 heavy (non-hydrogen) atoms. The first kappa shape index (κ1) is 21.5.